The summed E-state index contributed by atoms with van der Waals surface area (Å²) in [5.74, 6) is 2.55. The molecule has 1 aliphatic rings. The van der Waals surface area contributed by atoms with Crippen LogP contribution in [0.15, 0.2) is 17.1 Å². The smallest absolute Gasteiger partial charge is 0.193 e. The van der Waals surface area contributed by atoms with Crippen LogP contribution in [-0.2, 0) is 4.74 Å². The molecule has 1 aromatic rings. The highest BCUT2D eigenvalue weighted by atomic mass is 16.5. The van der Waals surface area contributed by atoms with Crippen molar-refractivity contribution in [3.8, 4) is 5.75 Å². The van der Waals surface area contributed by atoms with Gasteiger partial charge in [0.2, 0.25) is 0 Å². The molecule has 0 aromatic heterocycles. The number of hydrogen-bond acceptors (Lipinski definition) is 3. The highest BCUT2D eigenvalue weighted by Gasteiger charge is 2.18. The fourth-order valence-corrected chi connectivity index (χ4v) is 3.19. The number of hydrogen-bond donors (Lipinski definition) is 1. The number of ether oxygens (including phenoxy) is 2. The van der Waals surface area contributed by atoms with E-state index in [1.54, 1.807) is 0 Å². The van der Waals surface area contributed by atoms with Gasteiger partial charge < -0.3 is 19.7 Å². The van der Waals surface area contributed by atoms with Crippen molar-refractivity contribution in [2.24, 2.45) is 10.9 Å². The molecule has 0 spiro atoms. The van der Waals surface area contributed by atoms with Crippen LogP contribution in [0.4, 0.5) is 0 Å². The second kappa shape index (κ2) is 9.66. The van der Waals surface area contributed by atoms with E-state index in [-0.39, 0.29) is 0 Å². The molecule has 0 bridgehead atoms. The monoisotopic (exact) mass is 347 g/mol. The molecule has 0 saturated carbocycles. The summed E-state index contributed by atoms with van der Waals surface area (Å²) < 4.78 is 11.4. The van der Waals surface area contributed by atoms with Crippen LogP contribution < -0.4 is 10.1 Å². The average Bonchev–Trinajstić information content (AvgIpc) is 3.07. The number of guanidine groups is 1. The zero-order valence-corrected chi connectivity index (χ0v) is 16.4. The lowest BCUT2D eigenvalue weighted by molar-refractivity contribution is 0.181. The van der Waals surface area contributed by atoms with Gasteiger partial charge in [-0.05, 0) is 56.4 Å². The van der Waals surface area contributed by atoms with Crippen LogP contribution >= 0.6 is 0 Å². The summed E-state index contributed by atoms with van der Waals surface area (Å²) in [7, 11) is 3.92. The quantitative estimate of drug-likeness (QED) is 0.468. The van der Waals surface area contributed by atoms with E-state index in [9.17, 15) is 0 Å². The minimum atomic E-state index is 0.611. The number of nitrogens with one attached hydrogen (secondary N) is 1. The molecule has 1 saturated heterocycles. The van der Waals surface area contributed by atoms with E-state index < -0.39 is 0 Å². The Balaban J connectivity index is 1.70. The van der Waals surface area contributed by atoms with E-state index in [0.29, 0.717) is 12.5 Å². The van der Waals surface area contributed by atoms with Gasteiger partial charge in [-0.1, -0.05) is 6.07 Å². The first kappa shape index (κ1) is 19.6. The lowest BCUT2D eigenvalue weighted by Gasteiger charge is -2.24. The van der Waals surface area contributed by atoms with Crippen LogP contribution in [0.25, 0.3) is 0 Å². The Bertz CT molecular complexity index is 581. The predicted molar refractivity (Wildman–Crippen MR) is 104 cm³/mol. The highest BCUT2D eigenvalue weighted by molar-refractivity contribution is 5.79. The lowest BCUT2D eigenvalue weighted by atomic mass is 10.1. The first-order valence-electron chi connectivity index (χ1n) is 9.21. The zero-order valence-electron chi connectivity index (χ0n) is 16.4. The van der Waals surface area contributed by atoms with Crippen LogP contribution in [0.5, 0.6) is 5.75 Å². The van der Waals surface area contributed by atoms with Crippen LogP contribution in [0.3, 0.4) is 0 Å². The molecular weight excluding hydrogens is 314 g/mol. The maximum atomic E-state index is 5.97. The van der Waals surface area contributed by atoms with Crippen molar-refractivity contribution < 1.29 is 9.47 Å². The molecule has 5 nitrogen and oxygen atoms in total. The van der Waals surface area contributed by atoms with Crippen LogP contribution in [0, 0.1) is 26.7 Å². The van der Waals surface area contributed by atoms with Crippen molar-refractivity contribution in [1.82, 2.24) is 10.2 Å². The normalized spacial score (nSPS) is 17.6. The Hall–Kier alpha value is -1.75. The Morgan fingerprint density at radius 2 is 2.16 bits per heavy atom. The van der Waals surface area contributed by atoms with Gasteiger partial charge in [0, 0.05) is 39.7 Å². The third-order valence-corrected chi connectivity index (χ3v) is 4.76. The molecule has 2 rings (SSSR count). The number of aliphatic imine (C=N–C) groups is 1. The van der Waals surface area contributed by atoms with Gasteiger partial charge in [0.05, 0.1) is 13.2 Å². The van der Waals surface area contributed by atoms with Crippen molar-refractivity contribution in [2.75, 3.05) is 47.0 Å². The Kier molecular flexibility index (Phi) is 7.56. The SMILES string of the molecule is CN=C(NCCCOc1cc(C)cc(C)c1C)N(C)CC1CCOC1. The molecular formula is C20H33N3O2. The van der Waals surface area contributed by atoms with Crippen molar-refractivity contribution in [3.63, 3.8) is 0 Å². The summed E-state index contributed by atoms with van der Waals surface area (Å²) >= 11 is 0. The number of nitrogens with zero attached hydrogens (tertiary/aromatic N) is 2. The Morgan fingerprint density at radius 3 is 2.84 bits per heavy atom. The standard InChI is InChI=1S/C20H33N3O2/c1-15-11-16(2)17(3)19(12-15)25-9-6-8-22-20(21-4)23(5)13-18-7-10-24-14-18/h11-12,18H,6-10,13-14H2,1-5H3,(H,21,22). The summed E-state index contributed by atoms with van der Waals surface area (Å²) in [5.41, 5.74) is 3.76. The molecule has 1 heterocycles. The number of benzene rings is 1. The van der Waals surface area contributed by atoms with Crippen molar-refractivity contribution in [3.05, 3.63) is 28.8 Å². The van der Waals surface area contributed by atoms with Gasteiger partial charge >= 0.3 is 0 Å². The summed E-state index contributed by atoms with van der Waals surface area (Å²) in [5, 5.41) is 3.42. The summed E-state index contributed by atoms with van der Waals surface area (Å²) in [6.07, 6.45) is 2.08. The second-order valence-electron chi connectivity index (χ2n) is 6.99. The molecule has 1 atom stereocenters. The van der Waals surface area contributed by atoms with Crippen LogP contribution in [0.2, 0.25) is 0 Å². The van der Waals surface area contributed by atoms with Gasteiger partial charge in [-0.3, -0.25) is 4.99 Å². The first-order valence-corrected chi connectivity index (χ1v) is 9.21. The van der Waals surface area contributed by atoms with Crippen molar-refractivity contribution in [1.29, 1.82) is 0 Å². The minimum absolute atomic E-state index is 0.611. The van der Waals surface area contributed by atoms with Gasteiger partial charge in [-0.15, -0.1) is 0 Å². The second-order valence-corrected chi connectivity index (χ2v) is 6.99. The third-order valence-electron chi connectivity index (χ3n) is 4.76. The van der Waals surface area contributed by atoms with E-state index >= 15 is 0 Å². The highest BCUT2D eigenvalue weighted by Crippen LogP contribution is 2.23. The molecule has 0 radical (unpaired) electrons. The van der Waals surface area contributed by atoms with E-state index in [2.05, 4.69) is 55.2 Å². The molecule has 1 aliphatic heterocycles. The van der Waals surface area contributed by atoms with E-state index in [0.717, 1.165) is 50.9 Å². The largest absolute Gasteiger partial charge is 0.493 e. The minimum Gasteiger partial charge on any atom is -0.493 e. The van der Waals surface area contributed by atoms with Gasteiger partial charge in [0.15, 0.2) is 5.96 Å². The molecule has 140 valence electrons. The number of aryl methyl sites for hydroxylation is 2. The molecule has 0 aliphatic carbocycles. The summed E-state index contributed by atoms with van der Waals surface area (Å²) in [4.78, 5) is 6.56. The molecule has 1 unspecified atom stereocenters. The van der Waals surface area contributed by atoms with E-state index in [1.807, 2.05) is 7.05 Å². The summed E-state index contributed by atoms with van der Waals surface area (Å²) in [6, 6.07) is 4.31. The molecule has 25 heavy (non-hydrogen) atoms. The van der Waals surface area contributed by atoms with Gasteiger partial charge in [-0.2, -0.15) is 0 Å². The van der Waals surface area contributed by atoms with Gasteiger partial charge in [0.25, 0.3) is 0 Å². The number of rotatable bonds is 7. The fraction of sp³-hybridized carbons (Fsp3) is 0.650. The zero-order chi connectivity index (χ0) is 18.2. The third kappa shape index (κ3) is 5.92. The maximum absolute atomic E-state index is 5.97. The van der Waals surface area contributed by atoms with Gasteiger partial charge in [-0.25, -0.2) is 0 Å². The van der Waals surface area contributed by atoms with Crippen molar-refractivity contribution in [2.45, 2.75) is 33.6 Å². The molecule has 1 aromatic carbocycles. The predicted octanol–water partition coefficient (Wildman–Crippen LogP) is 2.92. The Morgan fingerprint density at radius 1 is 1.36 bits per heavy atom. The van der Waals surface area contributed by atoms with E-state index in [4.69, 9.17) is 9.47 Å². The molecule has 0 amide bonds. The molecule has 1 fully saturated rings. The molecule has 5 heteroatoms. The maximum Gasteiger partial charge on any atom is 0.193 e. The summed E-state index contributed by atoms with van der Waals surface area (Å²) in [6.45, 7) is 10.6. The van der Waals surface area contributed by atoms with Crippen LogP contribution in [0.1, 0.15) is 29.5 Å². The fourth-order valence-electron chi connectivity index (χ4n) is 3.19. The average molecular weight is 348 g/mol. The lowest BCUT2D eigenvalue weighted by Crippen LogP contribution is -2.42. The van der Waals surface area contributed by atoms with Crippen molar-refractivity contribution >= 4 is 5.96 Å². The van der Waals surface area contributed by atoms with Gasteiger partial charge in [0.1, 0.15) is 5.75 Å². The van der Waals surface area contributed by atoms with E-state index in [1.165, 1.54) is 16.7 Å². The topological polar surface area (TPSA) is 46.1 Å². The van der Waals surface area contributed by atoms with Crippen LogP contribution in [-0.4, -0.2) is 57.9 Å². The Labute approximate surface area is 152 Å². The first-order chi connectivity index (χ1) is 12.0. The molecule has 1 N–H and O–H groups in total.